The van der Waals surface area contributed by atoms with Crippen LogP contribution in [0.4, 0.5) is 18.9 Å². The summed E-state index contributed by atoms with van der Waals surface area (Å²) in [6.45, 7) is 6.80. The lowest BCUT2D eigenvalue weighted by molar-refractivity contribution is -0.137. The predicted octanol–water partition coefficient (Wildman–Crippen LogP) is 4.31. The number of aromatic nitrogens is 2. The molecular formula is C23H21F3N4O2. The topological polar surface area (TPSA) is 62.8 Å². The lowest BCUT2D eigenvalue weighted by Crippen LogP contribution is -2.57. The summed E-state index contributed by atoms with van der Waals surface area (Å²) >= 11 is 0. The molecule has 1 fully saturated rings. The molecule has 0 saturated carbocycles. The van der Waals surface area contributed by atoms with Crippen molar-refractivity contribution in [2.24, 2.45) is 0 Å². The van der Waals surface area contributed by atoms with Crippen molar-refractivity contribution in [1.29, 1.82) is 0 Å². The maximum absolute atomic E-state index is 13.0. The number of nitrogens with zero attached hydrogens (tertiary/aromatic N) is 3. The maximum atomic E-state index is 13.0. The van der Waals surface area contributed by atoms with Crippen molar-refractivity contribution in [2.45, 2.75) is 25.6 Å². The second kappa shape index (κ2) is 7.09. The van der Waals surface area contributed by atoms with E-state index in [1.54, 1.807) is 6.07 Å². The zero-order valence-electron chi connectivity index (χ0n) is 17.5. The van der Waals surface area contributed by atoms with Crippen LogP contribution >= 0.6 is 0 Å². The Kier molecular flexibility index (Phi) is 4.56. The van der Waals surface area contributed by atoms with Crippen molar-refractivity contribution in [1.82, 2.24) is 14.7 Å². The number of imidazole rings is 1. The van der Waals surface area contributed by atoms with E-state index < -0.39 is 17.4 Å². The van der Waals surface area contributed by atoms with E-state index in [2.05, 4.69) is 29.0 Å². The van der Waals surface area contributed by atoms with Gasteiger partial charge in [-0.3, -0.25) is 0 Å². The molecule has 5 rings (SSSR count). The summed E-state index contributed by atoms with van der Waals surface area (Å²) in [4.78, 5) is 19.2. The Balaban J connectivity index is 1.53. The van der Waals surface area contributed by atoms with Crippen molar-refractivity contribution in [2.75, 3.05) is 24.5 Å². The van der Waals surface area contributed by atoms with Gasteiger partial charge in [0.05, 0.1) is 16.8 Å². The van der Waals surface area contributed by atoms with E-state index in [0.717, 1.165) is 37.5 Å². The Bertz CT molecular complexity index is 1390. The molecule has 0 atom stereocenters. The summed E-state index contributed by atoms with van der Waals surface area (Å²) in [6, 6.07) is 9.30. The largest absolute Gasteiger partial charge is 0.422 e. The van der Waals surface area contributed by atoms with E-state index in [-0.39, 0.29) is 22.4 Å². The molecule has 6 nitrogen and oxygen atoms in total. The number of anilines is 1. The molecule has 0 bridgehead atoms. The van der Waals surface area contributed by atoms with Crippen LogP contribution in [0.25, 0.3) is 27.9 Å². The fourth-order valence-corrected chi connectivity index (χ4v) is 4.12. The normalized spacial score (nSPS) is 16.7. The summed E-state index contributed by atoms with van der Waals surface area (Å²) < 4.78 is 46.0. The molecule has 0 aliphatic carbocycles. The Morgan fingerprint density at radius 1 is 1.16 bits per heavy atom. The highest BCUT2D eigenvalue weighted by atomic mass is 19.4. The van der Waals surface area contributed by atoms with Crippen molar-refractivity contribution in [3.05, 3.63) is 64.8 Å². The standard InChI is InChI=1S/C23H21F3N4O2/c1-22(2)13-30(8-6-27-22)16-4-3-14-9-17(21(31)32-19(14)11-16)18-12-29-7-5-15(23(24,25)26)10-20(29)28-18/h3-5,7,9-12,27H,6,8,13H2,1-2H3. The first-order chi connectivity index (χ1) is 15.1. The molecule has 0 unspecified atom stereocenters. The molecule has 1 aromatic carbocycles. The Morgan fingerprint density at radius 3 is 2.72 bits per heavy atom. The number of hydrogen-bond donors (Lipinski definition) is 1. The highest BCUT2D eigenvalue weighted by Crippen LogP contribution is 2.31. The average Bonchev–Trinajstić information content (AvgIpc) is 3.14. The molecule has 4 aromatic rings. The van der Waals surface area contributed by atoms with E-state index in [9.17, 15) is 18.0 Å². The van der Waals surface area contributed by atoms with Gasteiger partial charge in [0.2, 0.25) is 0 Å². The number of fused-ring (bicyclic) bond motifs is 2. The molecule has 0 spiro atoms. The number of benzene rings is 1. The van der Waals surface area contributed by atoms with Gasteiger partial charge in [-0.15, -0.1) is 0 Å². The van der Waals surface area contributed by atoms with Crippen molar-refractivity contribution in [3.8, 4) is 11.3 Å². The summed E-state index contributed by atoms with van der Waals surface area (Å²) in [5.74, 6) is 0. The molecule has 1 aliphatic rings. The van der Waals surface area contributed by atoms with Gasteiger partial charge in [0.15, 0.2) is 0 Å². The fourth-order valence-electron chi connectivity index (χ4n) is 4.12. The third-order valence-corrected chi connectivity index (χ3v) is 5.72. The summed E-state index contributed by atoms with van der Waals surface area (Å²) in [7, 11) is 0. The van der Waals surface area contributed by atoms with Gasteiger partial charge in [-0.2, -0.15) is 13.2 Å². The molecule has 1 aliphatic heterocycles. The summed E-state index contributed by atoms with van der Waals surface area (Å²) in [5, 5.41) is 4.18. The van der Waals surface area contributed by atoms with Gasteiger partial charge in [0.25, 0.3) is 0 Å². The molecule has 0 radical (unpaired) electrons. The fraction of sp³-hybridized carbons (Fsp3) is 0.304. The van der Waals surface area contributed by atoms with E-state index >= 15 is 0 Å². The van der Waals surface area contributed by atoms with Crippen LogP contribution in [-0.2, 0) is 6.18 Å². The van der Waals surface area contributed by atoms with Crippen LogP contribution in [0, 0.1) is 0 Å². The monoisotopic (exact) mass is 442 g/mol. The van der Waals surface area contributed by atoms with E-state index in [4.69, 9.17) is 4.42 Å². The van der Waals surface area contributed by atoms with E-state index in [1.165, 1.54) is 16.8 Å². The second-order valence-corrected chi connectivity index (χ2v) is 8.71. The van der Waals surface area contributed by atoms with Gasteiger partial charge in [-0.05, 0) is 44.2 Å². The third-order valence-electron chi connectivity index (χ3n) is 5.72. The first-order valence-electron chi connectivity index (χ1n) is 10.2. The minimum Gasteiger partial charge on any atom is -0.422 e. The van der Waals surface area contributed by atoms with Gasteiger partial charge in [0.1, 0.15) is 11.2 Å². The number of rotatable bonds is 2. The van der Waals surface area contributed by atoms with Crippen molar-refractivity contribution < 1.29 is 17.6 Å². The zero-order valence-corrected chi connectivity index (χ0v) is 17.5. The molecule has 9 heteroatoms. The maximum Gasteiger partial charge on any atom is 0.416 e. The van der Waals surface area contributed by atoms with Crippen molar-refractivity contribution >= 4 is 22.3 Å². The Morgan fingerprint density at radius 2 is 1.97 bits per heavy atom. The van der Waals surface area contributed by atoms with Crippen LogP contribution in [0.2, 0.25) is 0 Å². The molecule has 4 heterocycles. The smallest absolute Gasteiger partial charge is 0.416 e. The lowest BCUT2D eigenvalue weighted by atomic mass is 10.0. The van der Waals surface area contributed by atoms with Crippen molar-refractivity contribution in [3.63, 3.8) is 0 Å². The second-order valence-electron chi connectivity index (χ2n) is 8.71. The van der Waals surface area contributed by atoms with Crippen LogP contribution in [0.15, 0.2) is 58.0 Å². The molecule has 0 amide bonds. The van der Waals surface area contributed by atoms with Crippen LogP contribution in [0.5, 0.6) is 0 Å². The summed E-state index contributed by atoms with van der Waals surface area (Å²) in [6.07, 6.45) is -1.67. The minimum absolute atomic E-state index is 0.0208. The Hall–Kier alpha value is -3.33. The first kappa shape index (κ1) is 20.6. The quantitative estimate of drug-likeness (QED) is 0.469. The van der Waals surface area contributed by atoms with Gasteiger partial charge < -0.3 is 19.0 Å². The summed E-state index contributed by atoms with van der Waals surface area (Å²) in [5.41, 5.74) is 0.578. The third kappa shape index (κ3) is 3.73. The number of alkyl halides is 3. The predicted molar refractivity (Wildman–Crippen MR) is 116 cm³/mol. The van der Waals surface area contributed by atoms with Gasteiger partial charge in [-0.1, -0.05) is 0 Å². The molecular weight excluding hydrogens is 421 g/mol. The average molecular weight is 442 g/mol. The van der Waals surface area contributed by atoms with Gasteiger partial charge >= 0.3 is 11.8 Å². The van der Waals surface area contributed by atoms with Crippen LogP contribution in [0.3, 0.4) is 0 Å². The molecule has 1 N–H and O–H groups in total. The molecule has 32 heavy (non-hydrogen) atoms. The number of hydrogen-bond acceptors (Lipinski definition) is 5. The minimum atomic E-state index is -4.47. The van der Waals surface area contributed by atoms with Gasteiger partial charge in [-0.25, -0.2) is 9.78 Å². The van der Waals surface area contributed by atoms with Crippen LogP contribution in [0.1, 0.15) is 19.4 Å². The zero-order chi connectivity index (χ0) is 22.7. The number of halogens is 3. The Labute approximate surface area is 181 Å². The first-order valence-corrected chi connectivity index (χ1v) is 10.2. The lowest BCUT2D eigenvalue weighted by Gasteiger charge is -2.40. The number of piperazine rings is 1. The molecule has 166 valence electrons. The van der Waals surface area contributed by atoms with E-state index in [0.29, 0.717) is 11.0 Å². The number of nitrogens with one attached hydrogen (secondary N) is 1. The molecule has 1 saturated heterocycles. The highest BCUT2D eigenvalue weighted by molar-refractivity contribution is 5.84. The van der Waals surface area contributed by atoms with Gasteiger partial charge in [0, 0.05) is 54.7 Å². The van der Waals surface area contributed by atoms with E-state index in [1.807, 2.05) is 18.2 Å². The SMILES string of the molecule is CC1(C)CN(c2ccc3cc(-c4cn5ccc(C(F)(F)F)cc5n4)c(=O)oc3c2)CCN1. The molecule has 3 aromatic heterocycles. The number of pyridine rings is 1. The highest BCUT2D eigenvalue weighted by Gasteiger charge is 2.31. The van der Waals surface area contributed by atoms with Crippen LogP contribution in [-0.4, -0.2) is 34.6 Å². The van der Waals surface area contributed by atoms with Crippen LogP contribution < -0.4 is 15.8 Å².